The van der Waals surface area contributed by atoms with Gasteiger partial charge in [0.15, 0.2) is 5.69 Å². The summed E-state index contributed by atoms with van der Waals surface area (Å²) in [5.74, 6) is 0.512. The number of rotatable bonds is 5. The third kappa shape index (κ3) is 2.37. The number of hydrogen-bond acceptors (Lipinski definition) is 5. The average molecular weight is 290 g/mol. The van der Waals surface area contributed by atoms with Crippen LogP contribution in [0.3, 0.4) is 0 Å². The molecule has 2 N–H and O–H groups in total. The molecule has 21 heavy (non-hydrogen) atoms. The lowest BCUT2D eigenvalue weighted by Gasteiger charge is -2.61. The topological polar surface area (TPSA) is 76.1 Å². The molecule has 6 nitrogen and oxygen atoms in total. The third-order valence-corrected chi connectivity index (χ3v) is 4.88. The van der Waals surface area contributed by atoms with Gasteiger partial charge in [-0.25, -0.2) is 0 Å². The lowest BCUT2D eigenvalue weighted by atomic mass is 9.51. The number of carbonyl (C=O) groups excluding carboxylic acids is 1. The summed E-state index contributed by atoms with van der Waals surface area (Å²) in [7, 11) is 1.58. The first kappa shape index (κ1) is 14.3. The van der Waals surface area contributed by atoms with E-state index in [1.54, 1.807) is 13.1 Å². The largest absolute Gasteiger partial charge is 0.378 e. The van der Waals surface area contributed by atoms with Crippen molar-refractivity contribution in [3.63, 3.8) is 0 Å². The number of nitrogens with zero attached hydrogens (tertiary/aromatic N) is 2. The molecular weight excluding hydrogens is 268 g/mol. The summed E-state index contributed by atoms with van der Waals surface area (Å²) in [5.41, 5.74) is 0.624. The van der Waals surface area contributed by atoms with Crippen LogP contribution in [0.15, 0.2) is 12.1 Å². The highest BCUT2D eigenvalue weighted by molar-refractivity contribution is 5.91. The van der Waals surface area contributed by atoms with Crippen molar-refractivity contribution in [3.8, 4) is 0 Å². The fourth-order valence-electron chi connectivity index (χ4n) is 3.48. The van der Waals surface area contributed by atoms with Crippen molar-refractivity contribution >= 4 is 11.7 Å². The molecule has 2 saturated carbocycles. The predicted molar refractivity (Wildman–Crippen MR) is 79.1 cm³/mol. The highest BCUT2D eigenvalue weighted by Crippen LogP contribution is 2.57. The monoisotopic (exact) mass is 290 g/mol. The molecule has 0 aliphatic heterocycles. The molecule has 0 aromatic carbocycles. The zero-order valence-electron chi connectivity index (χ0n) is 12.6. The van der Waals surface area contributed by atoms with E-state index >= 15 is 0 Å². The van der Waals surface area contributed by atoms with Crippen LogP contribution in [0.4, 0.5) is 5.82 Å². The van der Waals surface area contributed by atoms with Crippen LogP contribution in [-0.2, 0) is 4.74 Å². The summed E-state index contributed by atoms with van der Waals surface area (Å²) in [6.07, 6.45) is 5.13. The number of anilines is 1. The molecule has 3 rings (SSSR count). The predicted octanol–water partition coefficient (Wildman–Crippen LogP) is 1.60. The van der Waals surface area contributed by atoms with E-state index in [0.717, 1.165) is 18.8 Å². The Balaban J connectivity index is 1.63. The summed E-state index contributed by atoms with van der Waals surface area (Å²) in [5, 5.41) is 14.0. The third-order valence-electron chi connectivity index (χ3n) is 4.88. The molecule has 1 aromatic rings. The molecule has 1 amide bonds. The standard InChI is InChI=1S/C15H22N4O2/c1-3-21-12-9-11(15(12)7-4-8-15)17-13-6-5-10(18-19-13)14(20)16-2/h5-6,11-12H,3-4,7-9H2,1-2H3,(H,16,20)(H,17,19). The second-order valence-corrected chi connectivity index (χ2v) is 5.85. The summed E-state index contributed by atoms with van der Waals surface area (Å²) in [6.45, 7) is 2.83. The Kier molecular flexibility index (Phi) is 3.80. The maximum Gasteiger partial charge on any atom is 0.271 e. The van der Waals surface area contributed by atoms with Gasteiger partial charge in [0.2, 0.25) is 0 Å². The van der Waals surface area contributed by atoms with Crippen molar-refractivity contribution in [2.75, 3.05) is 19.0 Å². The molecule has 1 heterocycles. The zero-order chi connectivity index (χ0) is 14.9. The molecule has 2 atom stereocenters. The Morgan fingerprint density at radius 3 is 2.76 bits per heavy atom. The molecule has 2 aliphatic rings. The SMILES string of the molecule is CCOC1CC(Nc2ccc(C(=O)NC)nn2)C12CCC2. The Labute approximate surface area is 124 Å². The first-order chi connectivity index (χ1) is 10.2. The Bertz CT molecular complexity index is 513. The fraction of sp³-hybridized carbons (Fsp3) is 0.667. The lowest BCUT2D eigenvalue weighted by Crippen LogP contribution is -2.64. The molecule has 0 radical (unpaired) electrons. The lowest BCUT2D eigenvalue weighted by molar-refractivity contribution is -0.157. The Hall–Kier alpha value is -1.69. The van der Waals surface area contributed by atoms with Crippen molar-refractivity contribution in [3.05, 3.63) is 17.8 Å². The van der Waals surface area contributed by atoms with Crippen molar-refractivity contribution in [2.45, 2.75) is 44.8 Å². The molecule has 0 bridgehead atoms. The number of ether oxygens (including phenoxy) is 1. The molecule has 2 fully saturated rings. The van der Waals surface area contributed by atoms with Crippen LogP contribution in [0.2, 0.25) is 0 Å². The van der Waals surface area contributed by atoms with Crippen LogP contribution < -0.4 is 10.6 Å². The molecule has 2 aliphatic carbocycles. The normalized spacial score (nSPS) is 25.8. The zero-order valence-corrected chi connectivity index (χ0v) is 12.6. The van der Waals surface area contributed by atoms with E-state index in [1.807, 2.05) is 6.07 Å². The molecule has 1 spiro atoms. The van der Waals surface area contributed by atoms with E-state index in [9.17, 15) is 4.79 Å². The number of hydrogen-bond donors (Lipinski definition) is 2. The smallest absolute Gasteiger partial charge is 0.271 e. The van der Waals surface area contributed by atoms with Crippen LogP contribution in [0, 0.1) is 5.41 Å². The van der Waals surface area contributed by atoms with Gasteiger partial charge in [-0.15, -0.1) is 10.2 Å². The van der Waals surface area contributed by atoms with Crippen LogP contribution >= 0.6 is 0 Å². The summed E-state index contributed by atoms with van der Waals surface area (Å²) < 4.78 is 5.84. The first-order valence-corrected chi connectivity index (χ1v) is 7.63. The number of nitrogens with one attached hydrogen (secondary N) is 2. The highest BCUT2D eigenvalue weighted by Gasteiger charge is 2.59. The van der Waals surface area contributed by atoms with Crippen molar-refractivity contribution in [1.29, 1.82) is 0 Å². The van der Waals surface area contributed by atoms with Gasteiger partial charge in [0, 0.05) is 25.1 Å². The minimum Gasteiger partial charge on any atom is -0.378 e. The van der Waals surface area contributed by atoms with Crippen LogP contribution in [0.5, 0.6) is 0 Å². The van der Waals surface area contributed by atoms with Gasteiger partial charge in [0.05, 0.1) is 6.10 Å². The average Bonchev–Trinajstić information content (AvgIpc) is 2.44. The Morgan fingerprint density at radius 1 is 1.43 bits per heavy atom. The number of carbonyl (C=O) groups is 1. The Morgan fingerprint density at radius 2 is 2.24 bits per heavy atom. The number of amides is 1. The van der Waals surface area contributed by atoms with E-state index in [4.69, 9.17) is 4.74 Å². The van der Waals surface area contributed by atoms with Crippen LogP contribution in [-0.4, -0.2) is 41.9 Å². The van der Waals surface area contributed by atoms with E-state index in [2.05, 4.69) is 27.8 Å². The van der Waals surface area contributed by atoms with Gasteiger partial charge in [0.1, 0.15) is 5.82 Å². The van der Waals surface area contributed by atoms with Crippen molar-refractivity contribution in [1.82, 2.24) is 15.5 Å². The van der Waals surface area contributed by atoms with Crippen LogP contribution in [0.1, 0.15) is 43.1 Å². The second kappa shape index (κ2) is 5.60. The number of aromatic nitrogens is 2. The van der Waals surface area contributed by atoms with E-state index < -0.39 is 0 Å². The van der Waals surface area contributed by atoms with Crippen molar-refractivity contribution < 1.29 is 9.53 Å². The first-order valence-electron chi connectivity index (χ1n) is 7.63. The summed E-state index contributed by atoms with van der Waals surface area (Å²) >= 11 is 0. The van der Waals surface area contributed by atoms with Gasteiger partial charge in [-0.05, 0) is 38.3 Å². The van der Waals surface area contributed by atoms with Crippen molar-refractivity contribution in [2.24, 2.45) is 5.41 Å². The van der Waals surface area contributed by atoms with Crippen LogP contribution in [0.25, 0.3) is 0 Å². The quantitative estimate of drug-likeness (QED) is 0.861. The van der Waals surface area contributed by atoms with Gasteiger partial charge in [-0.1, -0.05) is 6.42 Å². The molecule has 2 unspecified atom stereocenters. The minimum absolute atomic E-state index is 0.218. The maximum absolute atomic E-state index is 11.4. The van der Waals surface area contributed by atoms with Gasteiger partial charge < -0.3 is 15.4 Å². The molecule has 1 aromatic heterocycles. The molecular formula is C15H22N4O2. The minimum atomic E-state index is -0.218. The molecule has 0 saturated heterocycles. The maximum atomic E-state index is 11.4. The summed E-state index contributed by atoms with van der Waals surface area (Å²) in [6, 6.07) is 3.92. The molecule has 6 heteroatoms. The second-order valence-electron chi connectivity index (χ2n) is 5.85. The fourth-order valence-corrected chi connectivity index (χ4v) is 3.48. The molecule has 114 valence electrons. The van der Waals surface area contributed by atoms with E-state index in [0.29, 0.717) is 17.8 Å². The van der Waals surface area contributed by atoms with Gasteiger partial charge in [-0.3, -0.25) is 4.79 Å². The summed E-state index contributed by atoms with van der Waals surface area (Å²) in [4.78, 5) is 11.4. The van der Waals surface area contributed by atoms with Gasteiger partial charge in [0.25, 0.3) is 5.91 Å². The van der Waals surface area contributed by atoms with Gasteiger partial charge in [-0.2, -0.15) is 0 Å². The van der Waals surface area contributed by atoms with E-state index in [-0.39, 0.29) is 11.3 Å². The van der Waals surface area contributed by atoms with E-state index in [1.165, 1.54) is 19.3 Å². The van der Waals surface area contributed by atoms with Gasteiger partial charge >= 0.3 is 0 Å². The highest BCUT2D eigenvalue weighted by atomic mass is 16.5.